The van der Waals surface area contributed by atoms with Crippen LogP contribution in [0.1, 0.15) is 70.4 Å². The van der Waals surface area contributed by atoms with Crippen LogP contribution < -0.4 is 5.46 Å². The molecule has 322 valence electrons. The lowest BCUT2D eigenvalue weighted by Gasteiger charge is -2.58. The molecule has 1 aromatic carbocycles. The molecule has 5 fully saturated rings. The summed E-state index contributed by atoms with van der Waals surface area (Å²) >= 11 is 0. The minimum Gasteiger partial charge on any atom is -0.468 e. The Hall–Kier alpha value is -4.26. The van der Waals surface area contributed by atoms with E-state index in [2.05, 4.69) is 52.0 Å². The first-order valence-corrected chi connectivity index (χ1v) is 22.1. The molecule has 14 heteroatoms. The van der Waals surface area contributed by atoms with Gasteiger partial charge >= 0.3 is 17.9 Å². The van der Waals surface area contributed by atoms with Gasteiger partial charge in [0.25, 0.3) is 5.60 Å². The summed E-state index contributed by atoms with van der Waals surface area (Å²) in [7, 11) is 6.97. The van der Waals surface area contributed by atoms with E-state index in [1.807, 2.05) is 32.2 Å². The van der Waals surface area contributed by atoms with Crippen molar-refractivity contribution in [3.63, 3.8) is 0 Å². The minimum absolute atomic E-state index is 0.0591. The van der Waals surface area contributed by atoms with Gasteiger partial charge in [0, 0.05) is 70.3 Å². The second-order valence-corrected chi connectivity index (χ2v) is 19.3. The molecule has 1 N–H and O–H groups in total. The average Bonchev–Trinajstić information content (AvgIpc) is 3.51. The molecular weight excluding hydrogens is 775 g/mol. The molecule has 12 atom stereocenters. The van der Waals surface area contributed by atoms with Gasteiger partial charge in [0.1, 0.15) is 0 Å². The summed E-state index contributed by atoms with van der Waals surface area (Å²) in [6.45, 7) is 8.87. The van der Waals surface area contributed by atoms with E-state index in [9.17, 15) is 20.0 Å². The van der Waals surface area contributed by atoms with Crippen molar-refractivity contribution >= 4 is 36.2 Å². The number of rotatable bonds is 7. The first kappa shape index (κ1) is 40.8. The van der Waals surface area contributed by atoms with Gasteiger partial charge in [-0.05, 0) is 85.9 Å². The quantitative estimate of drug-likeness (QED) is 0.141. The highest BCUT2D eigenvalue weighted by Crippen LogP contribution is 2.82. The van der Waals surface area contributed by atoms with Crippen LogP contribution in [-0.4, -0.2) is 141 Å². The van der Waals surface area contributed by atoms with E-state index in [-0.39, 0.29) is 17.9 Å². The largest absolute Gasteiger partial charge is 0.468 e. The number of hydrogen-bond acceptors (Lipinski definition) is 13. The van der Waals surface area contributed by atoms with E-state index in [1.54, 1.807) is 7.11 Å². The smallest absolute Gasteiger partial charge is 0.347 e. The summed E-state index contributed by atoms with van der Waals surface area (Å²) in [5, 5.41) is 22.1. The molecular formula is C47H57BN4O9. The van der Waals surface area contributed by atoms with Crippen LogP contribution in [-0.2, 0) is 38.1 Å². The second kappa shape index (κ2) is 13.6. The number of fused-ring (bicyclic) bond motifs is 5. The van der Waals surface area contributed by atoms with Crippen LogP contribution in [0.2, 0.25) is 0 Å². The zero-order valence-corrected chi connectivity index (χ0v) is 36.4. The number of likely N-dealkylation sites (N-methyl/N-ethyl adjacent to an activating group) is 1. The third kappa shape index (κ3) is 4.87. The van der Waals surface area contributed by atoms with Gasteiger partial charge in [0.05, 0.1) is 48.4 Å². The fourth-order valence-electron chi connectivity index (χ4n) is 14.8. The van der Waals surface area contributed by atoms with E-state index in [1.165, 1.54) is 21.1 Å². The third-order valence-electron chi connectivity index (χ3n) is 17.0. The first-order chi connectivity index (χ1) is 29.2. The van der Waals surface area contributed by atoms with Crippen molar-refractivity contribution in [3.05, 3.63) is 70.4 Å². The number of likely N-dealkylation sites (tertiary alicyclic amines) is 1. The molecule has 2 aliphatic carbocycles. The molecule has 10 rings (SSSR count). The van der Waals surface area contributed by atoms with E-state index in [4.69, 9.17) is 23.7 Å². The van der Waals surface area contributed by atoms with Crippen LogP contribution in [0.25, 0.3) is 5.57 Å². The lowest BCUT2D eigenvalue weighted by molar-refractivity contribution is -0.182. The maximum absolute atomic E-state index is 15.5. The maximum Gasteiger partial charge on any atom is 0.347 e. The molecule has 0 amide bonds. The summed E-state index contributed by atoms with van der Waals surface area (Å²) in [5.41, 5.74) is -0.252. The fourth-order valence-corrected chi connectivity index (χ4v) is 14.8. The van der Waals surface area contributed by atoms with Crippen LogP contribution in [0, 0.1) is 39.4 Å². The molecule has 61 heavy (non-hydrogen) atoms. The molecule has 4 saturated heterocycles. The number of ether oxygens (including phenoxy) is 5. The highest BCUT2D eigenvalue weighted by Gasteiger charge is 2.99. The molecule has 13 nitrogen and oxygen atoms in total. The molecule has 2 spiro atoms. The third-order valence-corrected chi connectivity index (χ3v) is 17.0. The number of piperidine rings is 1. The Labute approximate surface area is 358 Å². The van der Waals surface area contributed by atoms with Crippen molar-refractivity contribution in [2.75, 3.05) is 61.1 Å². The van der Waals surface area contributed by atoms with Crippen molar-refractivity contribution in [1.82, 2.24) is 14.7 Å². The number of epoxide rings is 1. The Morgan fingerprint density at radius 3 is 2.54 bits per heavy atom. The number of carbonyl (C=O) groups excluding carboxylic acids is 3. The van der Waals surface area contributed by atoms with Crippen molar-refractivity contribution in [3.8, 4) is 6.07 Å². The predicted octanol–water partition coefficient (Wildman–Crippen LogP) is 2.77. The molecule has 9 aliphatic rings. The van der Waals surface area contributed by atoms with Crippen LogP contribution in [0.3, 0.4) is 0 Å². The minimum atomic E-state index is -1.65. The van der Waals surface area contributed by atoms with Gasteiger partial charge in [-0.25, -0.2) is 4.79 Å². The number of allylic oxidation sites excluding steroid dienone is 1. The molecule has 0 aromatic heterocycles. The summed E-state index contributed by atoms with van der Waals surface area (Å²) in [6.07, 6.45) is 10.5. The van der Waals surface area contributed by atoms with E-state index < -0.39 is 63.2 Å². The van der Waals surface area contributed by atoms with E-state index >= 15 is 4.79 Å². The standard InChI is InChI=1S/C47H57BN4O9/c1-8-42(56)22-29-23-44(40(54)58-6,37-30(13-17-51(25-29)26-42)31-19-28(24-49)11-12-34(31)48-37)33-20-32-35(21-36(33)57-5)50(4)47-45(32)15-18-52-16-10-14-43(9-2,38(45)52)39(60-27(3)53)46(47,61-47)41(55)59-7/h10-12,14,19-21,29,33,36,38-39,48,56H,8-9,13,15-18,22-23,25-26H2,1-7H3/t29-,33?,36?,38+,39-,42+,43-,44+,45-,46+,47+/m1/s1. The van der Waals surface area contributed by atoms with Crippen LogP contribution >= 0.6 is 0 Å². The monoisotopic (exact) mass is 832 g/mol. The molecule has 1 aromatic rings. The fraction of sp³-hybridized carbons (Fsp3) is 0.617. The van der Waals surface area contributed by atoms with Crippen molar-refractivity contribution in [2.45, 2.75) is 94.5 Å². The molecule has 7 heterocycles. The Kier molecular flexibility index (Phi) is 9.11. The predicted molar refractivity (Wildman–Crippen MR) is 225 cm³/mol. The highest BCUT2D eigenvalue weighted by molar-refractivity contribution is 6.67. The Balaban J connectivity index is 1.24. The summed E-state index contributed by atoms with van der Waals surface area (Å²) < 4.78 is 31.7. The first-order valence-electron chi connectivity index (χ1n) is 22.1. The maximum atomic E-state index is 15.5. The number of hydrogen-bond donors (Lipinski definition) is 1. The van der Waals surface area contributed by atoms with Crippen LogP contribution in [0.4, 0.5) is 0 Å². The molecule has 2 bridgehead atoms. The van der Waals surface area contributed by atoms with Gasteiger partial charge in [-0.2, -0.15) is 5.26 Å². The highest BCUT2D eigenvalue weighted by atomic mass is 16.7. The lowest BCUT2D eigenvalue weighted by atomic mass is 9.47. The molecule has 7 aliphatic heterocycles. The second-order valence-electron chi connectivity index (χ2n) is 19.3. The normalized spacial score (nSPS) is 42.3. The summed E-state index contributed by atoms with van der Waals surface area (Å²) in [6, 6.07) is 7.94. The van der Waals surface area contributed by atoms with E-state index in [0.717, 1.165) is 39.9 Å². The zero-order valence-electron chi connectivity index (χ0n) is 36.4. The topological polar surface area (TPSA) is 154 Å². The SMILES string of the molecule is CC[C@]1(O)C[C@H]2CN(CCC3=C(Bc4ccc(C#N)cc43)[C@@](C(=O)OC)(C3C=C4C(=CC3OC)N(C)[C@@]35O[C@]3(C(=O)OC)[C@H](OC(C)=O)[C@]3(CC)C=CCN6CC[C@]45[C@@H]63)C2)C1. The van der Waals surface area contributed by atoms with Crippen LogP contribution in [0.15, 0.2) is 59.2 Å². The van der Waals surface area contributed by atoms with Gasteiger partial charge in [-0.1, -0.05) is 49.1 Å². The van der Waals surface area contributed by atoms with Crippen LogP contribution in [0.5, 0.6) is 0 Å². The summed E-state index contributed by atoms with van der Waals surface area (Å²) in [5.74, 6) is -2.08. The number of esters is 3. The molecule has 3 unspecified atom stereocenters. The zero-order chi connectivity index (χ0) is 43.1. The lowest BCUT2D eigenvalue weighted by Crippen LogP contribution is -2.73. The van der Waals surface area contributed by atoms with Crippen molar-refractivity contribution in [1.29, 1.82) is 5.26 Å². The number of benzene rings is 1. The number of methoxy groups -OCH3 is 3. The van der Waals surface area contributed by atoms with Gasteiger partial charge in [-0.3, -0.25) is 19.4 Å². The van der Waals surface area contributed by atoms with Gasteiger partial charge in [-0.15, -0.1) is 0 Å². The van der Waals surface area contributed by atoms with Crippen molar-refractivity contribution < 1.29 is 43.2 Å². The number of aliphatic hydroxyl groups is 1. The average molecular weight is 833 g/mol. The number of nitriles is 1. The Morgan fingerprint density at radius 1 is 1.07 bits per heavy atom. The Bertz CT molecular complexity index is 2300. The Morgan fingerprint density at radius 2 is 1.85 bits per heavy atom. The van der Waals surface area contributed by atoms with E-state index in [0.29, 0.717) is 77.5 Å². The summed E-state index contributed by atoms with van der Waals surface area (Å²) in [4.78, 5) is 50.1. The van der Waals surface area contributed by atoms with Gasteiger partial charge < -0.3 is 33.7 Å². The number of nitrogens with zero attached hydrogens (tertiary/aromatic N) is 4. The van der Waals surface area contributed by atoms with Gasteiger partial charge in [0.15, 0.2) is 19.1 Å². The molecule has 0 radical (unpaired) electrons. The molecule has 1 saturated carbocycles. The van der Waals surface area contributed by atoms with Crippen molar-refractivity contribution in [2.24, 2.45) is 28.1 Å². The van der Waals surface area contributed by atoms with Gasteiger partial charge in [0.2, 0.25) is 0 Å². The number of carbonyl (C=O) groups is 3.